The maximum Gasteiger partial charge on any atom is 0.264 e. The third-order valence-electron chi connectivity index (χ3n) is 3.62. The normalized spacial score (nSPS) is 18.3. The maximum atomic E-state index is 12.4. The van der Waals surface area contributed by atoms with Crippen LogP contribution < -0.4 is 5.73 Å². The van der Waals surface area contributed by atoms with Crippen molar-refractivity contribution in [2.45, 2.75) is 19.9 Å². The topological polar surface area (TPSA) is 49.6 Å². The number of hydrogen-bond acceptors (Lipinski definition) is 4. The van der Waals surface area contributed by atoms with Crippen molar-refractivity contribution in [1.29, 1.82) is 0 Å². The molecule has 4 nitrogen and oxygen atoms in total. The summed E-state index contributed by atoms with van der Waals surface area (Å²) >= 11 is 6.54. The highest BCUT2D eigenvalue weighted by atomic mass is 32.1. The van der Waals surface area contributed by atoms with Crippen LogP contribution in [0.5, 0.6) is 0 Å². The first kappa shape index (κ1) is 14.4. The van der Waals surface area contributed by atoms with E-state index in [0.29, 0.717) is 4.99 Å². The molecule has 0 aliphatic carbocycles. The van der Waals surface area contributed by atoms with Crippen LogP contribution in [0.1, 0.15) is 22.2 Å². The average Bonchev–Trinajstić information content (AvgIpc) is 2.83. The third-order valence-corrected chi connectivity index (χ3v) is 4.96. The van der Waals surface area contributed by atoms with Gasteiger partial charge in [-0.1, -0.05) is 12.2 Å². The smallest absolute Gasteiger partial charge is 0.264 e. The van der Waals surface area contributed by atoms with Crippen LogP contribution in [0.15, 0.2) is 11.4 Å². The quantitative estimate of drug-likeness (QED) is 0.859. The largest absolute Gasteiger partial charge is 0.392 e. The van der Waals surface area contributed by atoms with Gasteiger partial charge in [0.15, 0.2) is 0 Å². The zero-order valence-corrected chi connectivity index (χ0v) is 12.9. The second kappa shape index (κ2) is 5.98. The maximum absolute atomic E-state index is 12.4. The standard InChI is InChI=1S/C13H19N3OS2/c1-9-3-8-19-11(9)13(17)16-6-4-15(5-7-16)10(2)12(14)18/h3,8,10H,4-7H2,1-2H3,(H2,14,18). The van der Waals surface area contributed by atoms with Gasteiger partial charge in [-0.25, -0.2) is 0 Å². The zero-order valence-electron chi connectivity index (χ0n) is 11.3. The molecule has 1 fully saturated rings. The Bertz CT molecular complexity index is 478. The number of carbonyl (C=O) groups is 1. The molecule has 2 N–H and O–H groups in total. The molecule has 0 saturated carbocycles. The van der Waals surface area contributed by atoms with Gasteiger partial charge in [-0.05, 0) is 30.9 Å². The Balaban J connectivity index is 1.95. The molecule has 1 atom stereocenters. The van der Waals surface area contributed by atoms with Gasteiger partial charge in [0.05, 0.1) is 15.9 Å². The fourth-order valence-corrected chi connectivity index (χ4v) is 3.27. The van der Waals surface area contributed by atoms with Crippen molar-refractivity contribution < 1.29 is 4.79 Å². The number of thiophene rings is 1. The number of carbonyl (C=O) groups excluding carboxylic acids is 1. The van der Waals surface area contributed by atoms with Gasteiger partial charge < -0.3 is 10.6 Å². The lowest BCUT2D eigenvalue weighted by molar-refractivity contribution is 0.0626. The molecule has 1 amide bonds. The molecule has 104 valence electrons. The van der Waals surface area contributed by atoms with E-state index in [1.54, 1.807) is 0 Å². The molecule has 2 heterocycles. The van der Waals surface area contributed by atoms with Gasteiger partial charge in [-0.15, -0.1) is 11.3 Å². The Morgan fingerprint density at radius 3 is 2.53 bits per heavy atom. The van der Waals surface area contributed by atoms with Gasteiger partial charge in [0.25, 0.3) is 5.91 Å². The van der Waals surface area contributed by atoms with Gasteiger partial charge >= 0.3 is 0 Å². The monoisotopic (exact) mass is 297 g/mol. The molecule has 1 aromatic rings. The lowest BCUT2D eigenvalue weighted by Gasteiger charge is -2.37. The molecular weight excluding hydrogens is 278 g/mol. The summed E-state index contributed by atoms with van der Waals surface area (Å²) in [7, 11) is 0. The number of nitrogens with zero attached hydrogens (tertiary/aromatic N) is 2. The molecule has 0 spiro atoms. The fraction of sp³-hybridized carbons (Fsp3) is 0.538. The Hall–Kier alpha value is -0.980. The van der Waals surface area contributed by atoms with E-state index in [9.17, 15) is 4.79 Å². The second-order valence-corrected chi connectivity index (χ2v) is 6.23. The van der Waals surface area contributed by atoms with E-state index in [0.717, 1.165) is 36.6 Å². The van der Waals surface area contributed by atoms with Crippen molar-refractivity contribution in [3.05, 3.63) is 21.9 Å². The third kappa shape index (κ3) is 3.13. The van der Waals surface area contributed by atoms with Crippen LogP contribution in [0, 0.1) is 6.92 Å². The molecule has 0 aromatic carbocycles. The van der Waals surface area contributed by atoms with Crippen molar-refractivity contribution >= 4 is 34.5 Å². The molecule has 1 unspecified atom stereocenters. The molecule has 1 aromatic heterocycles. The minimum atomic E-state index is 0.107. The highest BCUT2D eigenvalue weighted by Gasteiger charge is 2.26. The van der Waals surface area contributed by atoms with E-state index in [2.05, 4.69) is 4.90 Å². The number of amides is 1. The van der Waals surface area contributed by atoms with E-state index < -0.39 is 0 Å². The summed E-state index contributed by atoms with van der Waals surface area (Å²) in [5.74, 6) is 0.148. The van der Waals surface area contributed by atoms with Crippen molar-refractivity contribution in [3.8, 4) is 0 Å². The highest BCUT2D eigenvalue weighted by molar-refractivity contribution is 7.80. The first-order valence-electron chi connectivity index (χ1n) is 6.37. The van der Waals surface area contributed by atoms with Gasteiger partial charge in [0.2, 0.25) is 0 Å². The van der Waals surface area contributed by atoms with Crippen LogP contribution in [0.3, 0.4) is 0 Å². The Morgan fingerprint density at radius 2 is 2.05 bits per heavy atom. The fourth-order valence-electron chi connectivity index (χ4n) is 2.23. The molecule has 1 saturated heterocycles. The predicted octanol–water partition coefficient (Wildman–Crippen LogP) is 1.49. The lowest BCUT2D eigenvalue weighted by Crippen LogP contribution is -2.53. The Labute approximate surface area is 123 Å². The van der Waals surface area contributed by atoms with Crippen molar-refractivity contribution in [2.75, 3.05) is 26.2 Å². The van der Waals surface area contributed by atoms with Crippen LogP contribution >= 0.6 is 23.6 Å². The summed E-state index contributed by atoms with van der Waals surface area (Å²) in [6.07, 6.45) is 0. The van der Waals surface area contributed by atoms with E-state index in [-0.39, 0.29) is 11.9 Å². The molecule has 19 heavy (non-hydrogen) atoms. The SMILES string of the molecule is Cc1ccsc1C(=O)N1CCN(C(C)C(N)=S)CC1. The number of piperazine rings is 1. The zero-order chi connectivity index (χ0) is 14.0. The van der Waals surface area contributed by atoms with E-state index in [4.69, 9.17) is 18.0 Å². The van der Waals surface area contributed by atoms with Gasteiger partial charge in [-0.3, -0.25) is 9.69 Å². The molecule has 6 heteroatoms. The first-order chi connectivity index (χ1) is 9.00. The summed E-state index contributed by atoms with van der Waals surface area (Å²) in [4.78, 5) is 17.9. The summed E-state index contributed by atoms with van der Waals surface area (Å²) < 4.78 is 0. The van der Waals surface area contributed by atoms with E-state index in [1.165, 1.54) is 11.3 Å². The van der Waals surface area contributed by atoms with Crippen LogP contribution in [-0.4, -0.2) is 52.9 Å². The van der Waals surface area contributed by atoms with Crippen LogP contribution in [0.25, 0.3) is 0 Å². The molecule has 1 aliphatic rings. The molecular formula is C13H19N3OS2. The van der Waals surface area contributed by atoms with Crippen LogP contribution in [0.4, 0.5) is 0 Å². The van der Waals surface area contributed by atoms with Gasteiger partial charge in [-0.2, -0.15) is 0 Å². The van der Waals surface area contributed by atoms with Crippen LogP contribution in [-0.2, 0) is 0 Å². The van der Waals surface area contributed by atoms with Crippen molar-refractivity contribution in [3.63, 3.8) is 0 Å². The predicted molar refractivity (Wildman–Crippen MR) is 82.8 cm³/mol. The number of nitrogens with two attached hydrogens (primary N) is 1. The van der Waals surface area contributed by atoms with Crippen LogP contribution in [0.2, 0.25) is 0 Å². The Kier molecular flexibility index (Phi) is 4.54. The lowest BCUT2D eigenvalue weighted by atomic mass is 10.2. The van der Waals surface area contributed by atoms with E-state index >= 15 is 0 Å². The van der Waals surface area contributed by atoms with Gasteiger partial charge in [0.1, 0.15) is 0 Å². The summed E-state index contributed by atoms with van der Waals surface area (Å²) in [6, 6.07) is 2.10. The number of aryl methyl sites for hydroxylation is 1. The van der Waals surface area contributed by atoms with Gasteiger partial charge in [0, 0.05) is 26.2 Å². The minimum Gasteiger partial charge on any atom is -0.392 e. The second-order valence-electron chi connectivity index (χ2n) is 4.84. The summed E-state index contributed by atoms with van der Waals surface area (Å²) in [6.45, 7) is 7.13. The molecule has 1 aliphatic heterocycles. The highest BCUT2D eigenvalue weighted by Crippen LogP contribution is 2.19. The van der Waals surface area contributed by atoms with Crippen molar-refractivity contribution in [2.24, 2.45) is 5.73 Å². The summed E-state index contributed by atoms with van der Waals surface area (Å²) in [5, 5.41) is 1.97. The average molecular weight is 297 g/mol. The number of rotatable bonds is 3. The molecule has 2 rings (SSSR count). The number of thiocarbonyl (C=S) groups is 1. The van der Waals surface area contributed by atoms with E-state index in [1.807, 2.05) is 30.2 Å². The molecule has 0 radical (unpaired) electrons. The summed E-state index contributed by atoms with van der Waals surface area (Å²) in [5.41, 5.74) is 6.73. The van der Waals surface area contributed by atoms with Crippen molar-refractivity contribution in [1.82, 2.24) is 9.80 Å². The minimum absolute atomic E-state index is 0.107. The molecule has 0 bridgehead atoms. The Morgan fingerprint density at radius 1 is 1.42 bits per heavy atom. The first-order valence-corrected chi connectivity index (χ1v) is 7.66. The number of hydrogen-bond donors (Lipinski definition) is 1.